The fourth-order valence-corrected chi connectivity index (χ4v) is 2.91. The first kappa shape index (κ1) is 21.0. The minimum atomic E-state index is -0.373. The Morgan fingerprint density at radius 1 is 0.833 bits per heavy atom. The molecule has 0 aliphatic rings. The second-order valence-electron chi connectivity index (χ2n) is 6.67. The Hall–Kier alpha value is -3.67. The number of para-hydroxylation sites is 1. The molecule has 0 aromatic heterocycles. The second kappa shape index (κ2) is 10.8. The second-order valence-corrected chi connectivity index (χ2v) is 6.67. The third kappa shape index (κ3) is 6.44. The summed E-state index contributed by atoms with van der Waals surface area (Å²) >= 11 is 0. The van der Waals surface area contributed by atoms with Crippen molar-refractivity contribution in [1.82, 2.24) is 10.6 Å². The Labute approximate surface area is 174 Å². The highest BCUT2D eigenvalue weighted by molar-refractivity contribution is 5.95. The number of carbonyl (C=O) groups excluding carboxylic acids is 2. The maximum atomic E-state index is 13.2. The van der Waals surface area contributed by atoms with Gasteiger partial charge in [-0.3, -0.25) is 9.59 Å². The summed E-state index contributed by atoms with van der Waals surface area (Å²) in [5.41, 5.74) is 1.90. The van der Waals surface area contributed by atoms with Crippen molar-refractivity contribution >= 4 is 11.8 Å². The fraction of sp³-hybridized carbons (Fsp3) is 0.167. The topological polar surface area (TPSA) is 67.4 Å². The lowest BCUT2D eigenvalue weighted by atomic mass is 10.1. The summed E-state index contributed by atoms with van der Waals surface area (Å²) in [7, 11) is 0. The molecule has 0 saturated carbocycles. The van der Waals surface area contributed by atoms with Crippen LogP contribution in [-0.4, -0.2) is 24.9 Å². The summed E-state index contributed by atoms with van der Waals surface area (Å²) in [6, 6.07) is 22.5. The normalized spacial score (nSPS) is 10.3. The molecule has 3 rings (SSSR count). The molecule has 30 heavy (non-hydrogen) atoms. The van der Waals surface area contributed by atoms with Crippen molar-refractivity contribution in [3.8, 4) is 5.75 Å². The molecule has 3 aromatic rings. The predicted molar refractivity (Wildman–Crippen MR) is 113 cm³/mol. The number of hydrogen-bond donors (Lipinski definition) is 2. The van der Waals surface area contributed by atoms with Crippen molar-refractivity contribution in [2.45, 2.75) is 13.0 Å². The van der Waals surface area contributed by atoms with E-state index in [1.54, 1.807) is 24.3 Å². The van der Waals surface area contributed by atoms with Gasteiger partial charge in [0.1, 0.15) is 18.2 Å². The number of halogens is 1. The summed E-state index contributed by atoms with van der Waals surface area (Å²) in [6.45, 7) is 0.835. The van der Waals surface area contributed by atoms with Crippen LogP contribution in [-0.2, 0) is 17.8 Å². The molecule has 0 radical (unpaired) electrons. The maximum absolute atomic E-state index is 13.2. The van der Waals surface area contributed by atoms with Gasteiger partial charge in [-0.05, 0) is 35.9 Å². The van der Waals surface area contributed by atoms with Crippen molar-refractivity contribution in [2.24, 2.45) is 0 Å². The number of ether oxygens (including phenoxy) is 1. The van der Waals surface area contributed by atoms with Crippen LogP contribution in [0.25, 0.3) is 0 Å². The van der Waals surface area contributed by atoms with Crippen LogP contribution in [0.5, 0.6) is 5.75 Å². The first-order valence-corrected chi connectivity index (χ1v) is 9.67. The van der Waals surface area contributed by atoms with Gasteiger partial charge in [0.25, 0.3) is 5.91 Å². The summed E-state index contributed by atoms with van der Waals surface area (Å²) in [6.07, 6.45) is 0.0887. The van der Waals surface area contributed by atoms with Gasteiger partial charge in [-0.25, -0.2) is 4.39 Å². The first-order chi connectivity index (χ1) is 14.6. The van der Waals surface area contributed by atoms with E-state index in [-0.39, 0.29) is 43.7 Å². The van der Waals surface area contributed by atoms with Gasteiger partial charge in [0, 0.05) is 24.2 Å². The van der Waals surface area contributed by atoms with Crippen molar-refractivity contribution in [3.63, 3.8) is 0 Å². The summed E-state index contributed by atoms with van der Waals surface area (Å²) < 4.78 is 18.9. The van der Waals surface area contributed by atoms with E-state index >= 15 is 0 Å². The molecule has 0 aliphatic carbocycles. The Balaban J connectivity index is 1.45. The quantitative estimate of drug-likeness (QED) is 0.535. The van der Waals surface area contributed by atoms with Gasteiger partial charge in [0.15, 0.2) is 0 Å². The lowest BCUT2D eigenvalue weighted by Crippen LogP contribution is -2.35. The monoisotopic (exact) mass is 406 g/mol. The number of benzene rings is 3. The van der Waals surface area contributed by atoms with E-state index in [0.29, 0.717) is 11.1 Å². The van der Waals surface area contributed by atoms with Gasteiger partial charge in [0.05, 0.1) is 6.42 Å². The molecule has 0 fully saturated rings. The third-order valence-corrected chi connectivity index (χ3v) is 4.39. The highest BCUT2D eigenvalue weighted by atomic mass is 19.1. The zero-order valence-corrected chi connectivity index (χ0v) is 16.4. The van der Waals surface area contributed by atoms with E-state index in [1.165, 1.54) is 12.1 Å². The van der Waals surface area contributed by atoms with E-state index in [0.717, 1.165) is 11.3 Å². The van der Waals surface area contributed by atoms with Gasteiger partial charge in [-0.1, -0.05) is 48.5 Å². The van der Waals surface area contributed by atoms with Gasteiger partial charge < -0.3 is 15.4 Å². The van der Waals surface area contributed by atoms with Gasteiger partial charge >= 0.3 is 0 Å². The largest absolute Gasteiger partial charge is 0.489 e. The van der Waals surface area contributed by atoms with Crippen LogP contribution in [0.1, 0.15) is 21.5 Å². The molecular weight excluding hydrogens is 383 g/mol. The molecule has 5 nitrogen and oxygen atoms in total. The Bertz CT molecular complexity index is 993. The van der Waals surface area contributed by atoms with E-state index < -0.39 is 0 Å². The van der Waals surface area contributed by atoms with Crippen LogP contribution in [0.4, 0.5) is 4.39 Å². The first-order valence-electron chi connectivity index (χ1n) is 9.67. The lowest BCUT2D eigenvalue weighted by molar-refractivity contribution is -0.120. The lowest BCUT2D eigenvalue weighted by Gasteiger charge is -2.12. The summed E-state index contributed by atoms with van der Waals surface area (Å²) in [5, 5.41) is 5.51. The molecule has 0 bridgehead atoms. The molecule has 0 unspecified atom stereocenters. The number of carbonyl (C=O) groups is 2. The van der Waals surface area contributed by atoms with E-state index in [4.69, 9.17) is 4.74 Å². The van der Waals surface area contributed by atoms with Crippen molar-refractivity contribution in [1.29, 1.82) is 0 Å². The molecule has 0 saturated heterocycles. The fourth-order valence-electron chi connectivity index (χ4n) is 2.91. The minimum absolute atomic E-state index is 0.0887. The van der Waals surface area contributed by atoms with Crippen LogP contribution in [0, 0.1) is 5.82 Å². The zero-order chi connectivity index (χ0) is 21.2. The zero-order valence-electron chi connectivity index (χ0n) is 16.4. The molecule has 2 amide bonds. The number of hydrogen-bond acceptors (Lipinski definition) is 3. The predicted octanol–water partition coefficient (Wildman–Crippen LogP) is 3.49. The molecule has 154 valence electrons. The Morgan fingerprint density at radius 3 is 2.37 bits per heavy atom. The molecular formula is C24H23FN2O3. The van der Waals surface area contributed by atoms with E-state index in [1.807, 2.05) is 42.5 Å². The molecule has 6 heteroatoms. The number of nitrogens with one attached hydrogen (secondary N) is 2. The summed E-state index contributed by atoms with van der Waals surface area (Å²) in [5.74, 6) is -0.107. The highest BCUT2D eigenvalue weighted by Gasteiger charge is 2.11. The van der Waals surface area contributed by atoms with E-state index in [9.17, 15) is 14.0 Å². The van der Waals surface area contributed by atoms with Crippen LogP contribution in [0.15, 0.2) is 78.9 Å². The van der Waals surface area contributed by atoms with Crippen LogP contribution < -0.4 is 15.4 Å². The van der Waals surface area contributed by atoms with Crippen molar-refractivity contribution in [3.05, 3.63) is 101 Å². The minimum Gasteiger partial charge on any atom is -0.489 e. The van der Waals surface area contributed by atoms with Crippen LogP contribution in [0.3, 0.4) is 0 Å². The van der Waals surface area contributed by atoms with Gasteiger partial charge in [-0.15, -0.1) is 0 Å². The van der Waals surface area contributed by atoms with Gasteiger partial charge in [0.2, 0.25) is 5.91 Å². The molecule has 0 aliphatic heterocycles. The molecule has 0 heterocycles. The Morgan fingerprint density at radius 2 is 1.57 bits per heavy atom. The Kier molecular flexibility index (Phi) is 7.55. The SMILES string of the molecule is O=C(Cc1cccc(F)c1)NCCNC(=O)c1ccccc1COc1ccccc1. The number of amides is 2. The van der Waals surface area contributed by atoms with Crippen LogP contribution >= 0.6 is 0 Å². The standard InChI is InChI=1S/C24H23FN2O3/c25-20-9-6-7-18(15-20)16-23(28)26-13-14-27-24(29)22-12-5-4-8-19(22)17-30-21-10-2-1-3-11-21/h1-12,15H,13-14,16-17H2,(H,26,28)(H,27,29). The summed E-state index contributed by atoms with van der Waals surface area (Å²) in [4.78, 5) is 24.5. The molecule has 0 atom stereocenters. The molecule has 2 N–H and O–H groups in total. The van der Waals surface area contributed by atoms with Crippen molar-refractivity contribution in [2.75, 3.05) is 13.1 Å². The van der Waals surface area contributed by atoms with Crippen molar-refractivity contribution < 1.29 is 18.7 Å². The average molecular weight is 406 g/mol. The van der Waals surface area contributed by atoms with Crippen LogP contribution in [0.2, 0.25) is 0 Å². The van der Waals surface area contributed by atoms with Gasteiger partial charge in [-0.2, -0.15) is 0 Å². The number of rotatable bonds is 9. The molecule has 3 aromatic carbocycles. The average Bonchev–Trinajstić information content (AvgIpc) is 2.76. The van der Waals surface area contributed by atoms with E-state index in [2.05, 4.69) is 10.6 Å². The maximum Gasteiger partial charge on any atom is 0.251 e. The third-order valence-electron chi connectivity index (χ3n) is 4.39. The smallest absolute Gasteiger partial charge is 0.251 e. The molecule has 0 spiro atoms. The highest BCUT2D eigenvalue weighted by Crippen LogP contribution is 2.14.